The Morgan fingerprint density at radius 2 is 1.81 bits per heavy atom. The van der Waals surface area contributed by atoms with Crippen molar-refractivity contribution in [3.63, 3.8) is 0 Å². The molecule has 108 valence electrons. The molecule has 2 N–H and O–H groups in total. The highest BCUT2D eigenvalue weighted by atomic mass is 35.5. The summed E-state index contributed by atoms with van der Waals surface area (Å²) in [5.41, 5.74) is -0.162. The van der Waals surface area contributed by atoms with E-state index < -0.39 is 17.7 Å². The summed E-state index contributed by atoms with van der Waals surface area (Å²) < 4.78 is 13.6. The molecule has 0 saturated carbocycles. The van der Waals surface area contributed by atoms with E-state index in [4.69, 9.17) is 28.3 Å². The molecular formula is C14H8Cl2FNO3. The topological polar surface area (TPSA) is 66.4 Å². The normalized spacial score (nSPS) is 10.2. The maximum Gasteiger partial charge on any atom is 0.337 e. The molecule has 2 aromatic rings. The number of nitrogens with one attached hydrogen (secondary N) is 1. The minimum absolute atomic E-state index is 0.0271. The first-order chi connectivity index (χ1) is 9.90. The molecule has 0 fully saturated rings. The first-order valence-electron chi connectivity index (χ1n) is 5.68. The molecule has 4 nitrogen and oxygen atoms in total. The molecule has 7 heteroatoms. The van der Waals surface area contributed by atoms with Gasteiger partial charge in [0.25, 0.3) is 5.91 Å². The second-order valence-corrected chi connectivity index (χ2v) is 4.86. The number of carboxylic acids is 1. The smallest absolute Gasteiger partial charge is 0.337 e. The largest absolute Gasteiger partial charge is 0.478 e. The van der Waals surface area contributed by atoms with Gasteiger partial charge in [-0.15, -0.1) is 0 Å². The van der Waals surface area contributed by atoms with Gasteiger partial charge >= 0.3 is 5.97 Å². The molecule has 0 aliphatic heterocycles. The number of halogens is 3. The number of carboxylic acid groups (broad SMARTS) is 1. The Labute approximate surface area is 129 Å². The fraction of sp³-hybridized carbons (Fsp3) is 0. The quantitative estimate of drug-likeness (QED) is 0.892. The summed E-state index contributed by atoms with van der Waals surface area (Å²) in [4.78, 5) is 22.8. The molecule has 0 spiro atoms. The lowest BCUT2D eigenvalue weighted by Crippen LogP contribution is -2.14. The first-order valence-corrected chi connectivity index (χ1v) is 6.44. The lowest BCUT2D eigenvalue weighted by atomic mass is 10.1. The van der Waals surface area contributed by atoms with Crippen LogP contribution in [0.4, 0.5) is 10.1 Å². The number of amides is 1. The van der Waals surface area contributed by atoms with Crippen LogP contribution in [-0.2, 0) is 0 Å². The van der Waals surface area contributed by atoms with Crippen LogP contribution < -0.4 is 5.32 Å². The Morgan fingerprint density at radius 1 is 1.10 bits per heavy atom. The first kappa shape index (κ1) is 15.3. The van der Waals surface area contributed by atoms with Crippen LogP contribution in [0.3, 0.4) is 0 Å². The Balaban J connectivity index is 2.28. The summed E-state index contributed by atoms with van der Waals surface area (Å²) in [7, 11) is 0. The summed E-state index contributed by atoms with van der Waals surface area (Å²) in [5, 5.41) is 11.2. The highest BCUT2D eigenvalue weighted by Crippen LogP contribution is 2.24. The van der Waals surface area contributed by atoms with Crippen LogP contribution in [0.5, 0.6) is 0 Å². The molecule has 0 bridgehead atoms. The zero-order valence-corrected chi connectivity index (χ0v) is 11.9. The van der Waals surface area contributed by atoms with Gasteiger partial charge in [-0.25, -0.2) is 9.18 Å². The van der Waals surface area contributed by atoms with Gasteiger partial charge in [0.15, 0.2) is 0 Å². The van der Waals surface area contributed by atoms with Crippen LogP contribution in [0.1, 0.15) is 20.7 Å². The SMILES string of the molecule is O=C(O)c1ccc(NC(=O)c2c(F)cccc2Cl)cc1Cl. The van der Waals surface area contributed by atoms with Gasteiger partial charge in [0, 0.05) is 5.69 Å². The molecule has 1 amide bonds. The second kappa shape index (κ2) is 6.11. The van der Waals surface area contributed by atoms with E-state index in [0.717, 1.165) is 6.07 Å². The zero-order valence-electron chi connectivity index (χ0n) is 10.4. The van der Waals surface area contributed by atoms with E-state index in [-0.39, 0.29) is 26.9 Å². The molecule has 21 heavy (non-hydrogen) atoms. The summed E-state index contributed by atoms with van der Waals surface area (Å²) in [6.45, 7) is 0. The number of benzene rings is 2. The molecule has 0 aliphatic rings. The van der Waals surface area contributed by atoms with E-state index in [9.17, 15) is 14.0 Å². The van der Waals surface area contributed by atoms with Crippen molar-refractivity contribution in [1.29, 1.82) is 0 Å². The van der Waals surface area contributed by atoms with Gasteiger partial charge in [-0.2, -0.15) is 0 Å². The summed E-state index contributed by atoms with van der Waals surface area (Å²) in [6, 6.07) is 7.73. The van der Waals surface area contributed by atoms with Crippen molar-refractivity contribution in [2.75, 3.05) is 5.32 Å². The molecular weight excluding hydrogens is 320 g/mol. The lowest BCUT2D eigenvalue weighted by molar-refractivity contribution is 0.0697. The number of carbonyl (C=O) groups is 2. The number of aromatic carboxylic acids is 1. The minimum atomic E-state index is -1.19. The van der Waals surface area contributed by atoms with Crippen LogP contribution >= 0.6 is 23.2 Å². The van der Waals surface area contributed by atoms with E-state index in [1.165, 1.54) is 30.3 Å². The number of hydrogen-bond acceptors (Lipinski definition) is 2. The van der Waals surface area contributed by atoms with Crippen LogP contribution in [0.15, 0.2) is 36.4 Å². The molecule has 0 aromatic heterocycles. The Morgan fingerprint density at radius 3 is 2.38 bits per heavy atom. The highest BCUT2D eigenvalue weighted by Gasteiger charge is 2.17. The zero-order chi connectivity index (χ0) is 15.6. The Kier molecular flexibility index (Phi) is 4.45. The van der Waals surface area contributed by atoms with Crippen molar-refractivity contribution in [2.45, 2.75) is 0 Å². The lowest BCUT2D eigenvalue weighted by Gasteiger charge is -2.09. The van der Waals surface area contributed by atoms with E-state index in [1.807, 2.05) is 0 Å². The molecule has 0 aliphatic carbocycles. The van der Waals surface area contributed by atoms with Crippen LogP contribution in [0.2, 0.25) is 10.0 Å². The maximum absolute atomic E-state index is 13.6. The van der Waals surface area contributed by atoms with Gasteiger partial charge in [-0.1, -0.05) is 29.3 Å². The number of hydrogen-bond donors (Lipinski definition) is 2. The third-order valence-corrected chi connectivity index (χ3v) is 3.27. The van der Waals surface area contributed by atoms with Gasteiger partial charge in [0.2, 0.25) is 0 Å². The third-order valence-electron chi connectivity index (χ3n) is 2.65. The minimum Gasteiger partial charge on any atom is -0.478 e. The van der Waals surface area contributed by atoms with Crippen molar-refractivity contribution >= 4 is 40.8 Å². The maximum atomic E-state index is 13.6. The second-order valence-electron chi connectivity index (χ2n) is 4.05. The number of rotatable bonds is 3. The van der Waals surface area contributed by atoms with Crippen molar-refractivity contribution in [2.24, 2.45) is 0 Å². The Bertz CT molecular complexity index is 714. The Hall–Kier alpha value is -2.11. The van der Waals surface area contributed by atoms with Crippen molar-refractivity contribution in [3.8, 4) is 0 Å². The van der Waals surface area contributed by atoms with Crippen LogP contribution in [0, 0.1) is 5.82 Å². The predicted molar refractivity (Wildman–Crippen MR) is 77.8 cm³/mol. The molecule has 2 aromatic carbocycles. The van der Waals surface area contributed by atoms with Crippen molar-refractivity contribution in [1.82, 2.24) is 0 Å². The molecule has 2 rings (SSSR count). The van der Waals surface area contributed by atoms with E-state index in [1.54, 1.807) is 0 Å². The fourth-order valence-corrected chi connectivity index (χ4v) is 2.18. The average molecular weight is 328 g/mol. The van der Waals surface area contributed by atoms with Crippen molar-refractivity contribution < 1.29 is 19.1 Å². The summed E-state index contributed by atoms with van der Waals surface area (Å²) >= 11 is 11.6. The average Bonchev–Trinajstić information content (AvgIpc) is 2.37. The predicted octanol–water partition coefficient (Wildman–Crippen LogP) is 4.08. The molecule has 0 atom stereocenters. The molecule has 0 unspecified atom stereocenters. The van der Waals surface area contributed by atoms with Gasteiger partial charge in [-0.3, -0.25) is 4.79 Å². The fourth-order valence-electron chi connectivity index (χ4n) is 1.67. The third kappa shape index (κ3) is 3.32. The standard InChI is InChI=1S/C14H8Cl2FNO3/c15-9-2-1-3-11(17)12(9)13(19)18-7-4-5-8(14(20)21)10(16)6-7/h1-6H,(H,18,19)(H,20,21). The van der Waals surface area contributed by atoms with Gasteiger partial charge < -0.3 is 10.4 Å². The van der Waals surface area contributed by atoms with E-state index in [0.29, 0.717) is 0 Å². The van der Waals surface area contributed by atoms with Gasteiger partial charge in [0.1, 0.15) is 5.82 Å². The van der Waals surface area contributed by atoms with E-state index in [2.05, 4.69) is 5.32 Å². The van der Waals surface area contributed by atoms with Crippen LogP contribution in [-0.4, -0.2) is 17.0 Å². The van der Waals surface area contributed by atoms with Crippen molar-refractivity contribution in [3.05, 3.63) is 63.4 Å². The summed E-state index contributed by atoms with van der Waals surface area (Å²) in [6.07, 6.45) is 0. The molecule has 0 radical (unpaired) electrons. The van der Waals surface area contributed by atoms with Gasteiger partial charge in [0.05, 0.1) is 21.2 Å². The number of anilines is 1. The van der Waals surface area contributed by atoms with Gasteiger partial charge in [-0.05, 0) is 30.3 Å². The summed E-state index contributed by atoms with van der Waals surface area (Å²) in [5.74, 6) is -2.69. The monoisotopic (exact) mass is 327 g/mol. The van der Waals surface area contributed by atoms with E-state index >= 15 is 0 Å². The molecule has 0 saturated heterocycles. The highest BCUT2D eigenvalue weighted by molar-refractivity contribution is 6.35. The number of carbonyl (C=O) groups excluding carboxylic acids is 1. The van der Waals surface area contributed by atoms with Crippen LogP contribution in [0.25, 0.3) is 0 Å². The molecule has 0 heterocycles.